The number of aromatic carboxylic acids is 2. The number of carboxylic acids is 2. The highest BCUT2D eigenvalue weighted by atomic mass is 16.6. The van der Waals surface area contributed by atoms with Crippen molar-refractivity contribution in [1.29, 1.82) is 0 Å². The van der Waals surface area contributed by atoms with Crippen molar-refractivity contribution < 1.29 is 24.7 Å². The molecule has 0 heterocycles. The molecule has 0 radical (unpaired) electrons. The molecule has 0 saturated heterocycles. The fourth-order valence-corrected chi connectivity index (χ4v) is 1.41. The lowest BCUT2D eigenvalue weighted by molar-refractivity contribution is -0.384. The van der Waals surface area contributed by atoms with Gasteiger partial charge in [-0.25, -0.2) is 9.59 Å². The monoisotopic (exact) mass is 240 g/mol. The lowest BCUT2D eigenvalue weighted by Gasteiger charge is -2.08. The van der Waals surface area contributed by atoms with Crippen molar-refractivity contribution in [2.24, 2.45) is 0 Å². The number of nitro groups is 1. The Kier molecular flexibility index (Phi) is 2.98. The van der Waals surface area contributed by atoms with Crippen molar-refractivity contribution >= 4 is 23.3 Å². The van der Waals surface area contributed by atoms with Crippen LogP contribution in [-0.4, -0.2) is 27.1 Å². The first-order chi connectivity index (χ1) is 7.77. The van der Waals surface area contributed by atoms with E-state index in [1.165, 1.54) is 6.92 Å². The second-order valence-corrected chi connectivity index (χ2v) is 3.22. The lowest BCUT2D eigenvalue weighted by Crippen LogP contribution is -2.13. The predicted octanol–water partition coefficient (Wildman–Crippen LogP) is 0.882. The Morgan fingerprint density at radius 2 is 1.88 bits per heavy atom. The molecule has 90 valence electrons. The molecule has 1 aromatic rings. The van der Waals surface area contributed by atoms with Gasteiger partial charge in [0.2, 0.25) is 0 Å². The molecule has 0 aliphatic heterocycles. The average molecular weight is 240 g/mol. The minimum Gasteiger partial charge on any atom is -0.478 e. The summed E-state index contributed by atoms with van der Waals surface area (Å²) in [6.07, 6.45) is 0. The van der Waals surface area contributed by atoms with Gasteiger partial charge in [0.05, 0.1) is 16.1 Å². The molecular formula is C9H8N2O6. The van der Waals surface area contributed by atoms with Gasteiger partial charge in [0.1, 0.15) is 5.69 Å². The number of hydrogen-bond acceptors (Lipinski definition) is 5. The third kappa shape index (κ3) is 2.00. The summed E-state index contributed by atoms with van der Waals surface area (Å²) in [6, 6.07) is 0.647. The Labute approximate surface area is 94.4 Å². The van der Waals surface area contributed by atoms with Crippen LogP contribution in [0.15, 0.2) is 6.07 Å². The molecule has 8 nitrogen and oxygen atoms in total. The van der Waals surface area contributed by atoms with Crippen molar-refractivity contribution in [3.8, 4) is 0 Å². The molecule has 1 rings (SSSR count). The highest BCUT2D eigenvalue weighted by Gasteiger charge is 2.26. The normalized spacial score (nSPS) is 9.94. The minimum absolute atomic E-state index is 0.135. The van der Waals surface area contributed by atoms with Crippen LogP contribution in [0, 0.1) is 17.0 Å². The first-order valence-electron chi connectivity index (χ1n) is 4.31. The molecular weight excluding hydrogens is 232 g/mol. The molecule has 0 aliphatic carbocycles. The zero-order valence-corrected chi connectivity index (χ0v) is 8.63. The summed E-state index contributed by atoms with van der Waals surface area (Å²) in [7, 11) is 0. The summed E-state index contributed by atoms with van der Waals surface area (Å²) in [5, 5.41) is 28.3. The maximum absolute atomic E-state index is 10.9. The number of nitrogen functional groups attached to an aromatic ring is 1. The third-order valence-electron chi connectivity index (χ3n) is 2.25. The van der Waals surface area contributed by atoms with Gasteiger partial charge < -0.3 is 15.9 Å². The van der Waals surface area contributed by atoms with Crippen LogP contribution in [0.25, 0.3) is 0 Å². The molecule has 0 saturated carbocycles. The van der Waals surface area contributed by atoms with Gasteiger partial charge in [0.15, 0.2) is 0 Å². The number of hydrogen-bond donors (Lipinski definition) is 3. The molecule has 8 heteroatoms. The average Bonchev–Trinajstić information content (AvgIpc) is 2.19. The van der Waals surface area contributed by atoms with Crippen molar-refractivity contribution in [1.82, 2.24) is 0 Å². The number of rotatable bonds is 3. The molecule has 0 aliphatic rings. The summed E-state index contributed by atoms with van der Waals surface area (Å²) < 4.78 is 0. The number of nitro benzene ring substituents is 1. The van der Waals surface area contributed by atoms with Gasteiger partial charge in [-0.15, -0.1) is 0 Å². The van der Waals surface area contributed by atoms with Crippen LogP contribution in [-0.2, 0) is 0 Å². The van der Waals surface area contributed by atoms with E-state index in [9.17, 15) is 19.7 Å². The maximum atomic E-state index is 10.9. The van der Waals surface area contributed by atoms with Crippen LogP contribution in [0.1, 0.15) is 26.3 Å². The van der Waals surface area contributed by atoms with Crippen molar-refractivity contribution in [2.75, 3.05) is 5.73 Å². The van der Waals surface area contributed by atoms with Gasteiger partial charge in [-0.3, -0.25) is 10.1 Å². The Bertz CT molecular complexity index is 537. The predicted molar refractivity (Wildman–Crippen MR) is 56.2 cm³/mol. The minimum atomic E-state index is -1.56. The number of carbonyl (C=O) groups is 2. The molecule has 1 aromatic carbocycles. The standard InChI is InChI=1S/C9H8N2O6/c1-3-6(9(14)15)4(8(12)13)2-5(7(3)10)11(16)17/h2H,10H2,1H3,(H,12,13)(H,14,15). The Morgan fingerprint density at radius 3 is 2.24 bits per heavy atom. The largest absolute Gasteiger partial charge is 0.478 e. The fourth-order valence-electron chi connectivity index (χ4n) is 1.41. The number of nitrogens with two attached hydrogens (primary N) is 1. The van der Waals surface area contributed by atoms with Crippen molar-refractivity contribution in [3.63, 3.8) is 0 Å². The molecule has 0 fully saturated rings. The number of nitrogens with zero attached hydrogens (tertiary/aromatic N) is 1. The molecule has 0 unspecified atom stereocenters. The summed E-state index contributed by atoms with van der Waals surface area (Å²) in [6.45, 7) is 1.22. The second kappa shape index (κ2) is 4.08. The number of benzene rings is 1. The van der Waals surface area contributed by atoms with E-state index in [2.05, 4.69) is 0 Å². The quantitative estimate of drug-likeness (QED) is 0.404. The molecule has 0 aromatic heterocycles. The van der Waals surface area contributed by atoms with E-state index < -0.39 is 33.7 Å². The van der Waals surface area contributed by atoms with Gasteiger partial charge in [-0.05, 0) is 12.5 Å². The molecule has 0 spiro atoms. The van der Waals surface area contributed by atoms with Crippen LogP contribution < -0.4 is 5.73 Å². The van der Waals surface area contributed by atoms with Crippen molar-refractivity contribution in [2.45, 2.75) is 6.92 Å². The van der Waals surface area contributed by atoms with E-state index in [1.807, 2.05) is 0 Å². The van der Waals surface area contributed by atoms with Gasteiger partial charge in [-0.1, -0.05) is 0 Å². The van der Waals surface area contributed by atoms with Crippen molar-refractivity contribution in [3.05, 3.63) is 32.9 Å². The Balaban J connectivity index is 3.75. The summed E-state index contributed by atoms with van der Waals surface area (Å²) >= 11 is 0. The first-order valence-corrected chi connectivity index (χ1v) is 4.31. The molecule has 4 N–H and O–H groups in total. The van der Waals surface area contributed by atoms with Crippen LogP contribution in [0.5, 0.6) is 0 Å². The van der Waals surface area contributed by atoms with E-state index >= 15 is 0 Å². The molecule has 17 heavy (non-hydrogen) atoms. The van der Waals surface area contributed by atoms with E-state index in [0.29, 0.717) is 6.07 Å². The Morgan fingerprint density at radius 1 is 1.35 bits per heavy atom. The topological polar surface area (TPSA) is 144 Å². The maximum Gasteiger partial charge on any atom is 0.336 e. The Hall–Kier alpha value is -2.64. The SMILES string of the molecule is Cc1c(N)c([N+](=O)[O-])cc(C(=O)O)c1C(=O)O. The van der Waals surface area contributed by atoms with Crippen LogP contribution >= 0.6 is 0 Å². The third-order valence-corrected chi connectivity index (χ3v) is 2.25. The summed E-state index contributed by atoms with van der Waals surface area (Å²) in [4.78, 5) is 31.5. The van der Waals surface area contributed by atoms with E-state index in [0.717, 1.165) is 0 Å². The molecule has 0 amide bonds. The lowest BCUT2D eigenvalue weighted by atomic mass is 9.99. The highest BCUT2D eigenvalue weighted by Crippen LogP contribution is 2.30. The second-order valence-electron chi connectivity index (χ2n) is 3.22. The van der Waals surface area contributed by atoms with Crippen LogP contribution in [0.3, 0.4) is 0 Å². The van der Waals surface area contributed by atoms with Gasteiger partial charge in [-0.2, -0.15) is 0 Å². The smallest absolute Gasteiger partial charge is 0.336 e. The zero-order chi connectivity index (χ0) is 13.3. The van der Waals surface area contributed by atoms with Gasteiger partial charge in [0, 0.05) is 6.07 Å². The number of carboxylic acid groups (broad SMARTS) is 2. The van der Waals surface area contributed by atoms with Crippen LogP contribution in [0.4, 0.5) is 11.4 Å². The van der Waals surface area contributed by atoms with Crippen LogP contribution in [0.2, 0.25) is 0 Å². The van der Waals surface area contributed by atoms with Gasteiger partial charge >= 0.3 is 11.9 Å². The zero-order valence-electron chi connectivity index (χ0n) is 8.63. The number of anilines is 1. The van der Waals surface area contributed by atoms with E-state index in [4.69, 9.17) is 15.9 Å². The fraction of sp³-hybridized carbons (Fsp3) is 0.111. The first kappa shape index (κ1) is 12.4. The summed E-state index contributed by atoms with van der Waals surface area (Å²) in [5.74, 6) is -3.06. The highest BCUT2D eigenvalue weighted by molar-refractivity contribution is 6.05. The van der Waals surface area contributed by atoms with E-state index in [-0.39, 0.29) is 11.3 Å². The summed E-state index contributed by atoms with van der Waals surface area (Å²) in [5.41, 5.74) is 3.09. The molecule has 0 atom stereocenters. The molecule has 0 bridgehead atoms. The van der Waals surface area contributed by atoms with E-state index in [1.54, 1.807) is 0 Å². The van der Waals surface area contributed by atoms with Gasteiger partial charge in [0.25, 0.3) is 5.69 Å².